The van der Waals surface area contributed by atoms with Crippen molar-refractivity contribution < 1.29 is 4.92 Å². The zero-order valence-electron chi connectivity index (χ0n) is 11.7. The molecule has 0 saturated carbocycles. The van der Waals surface area contributed by atoms with E-state index in [9.17, 15) is 10.1 Å². The van der Waals surface area contributed by atoms with Crippen LogP contribution in [0.3, 0.4) is 0 Å². The van der Waals surface area contributed by atoms with Crippen LogP contribution >= 0.6 is 0 Å². The SMILES string of the molecule is CCc1nn(C)c(NCCc2ccccc2)c1[N+](=O)[O-]. The number of benzene rings is 1. The second-order valence-electron chi connectivity index (χ2n) is 4.54. The lowest BCUT2D eigenvalue weighted by molar-refractivity contribution is -0.384. The molecule has 1 aromatic carbocycles. The molecular weight excluding hydrogens is 256 g/mol. The van der Waals surface area contributed by atoms with Crippen molar-refractivity contribution in [3.63, 3.8) is 0 Å². The van der Waals surface area contributed by atoms with Crippen molar-refractivity contribution in [3.8, 4) is 0 Å². The zero-order valence-corrected chi connectivity index (χ0v) is 11.7. The smallest absolute Gasteiger partial charge is 0.333 e. The first-order chi connectivity index (χ1) is 9.63. The Morgan fingerprint density at radius 1 is 1.35 bits per heavy atom. The molecule has 0 amide bonds. The van der Waals surface area contributed by atoms with Gasteiger partial charge in [0.05, 0.1) is 4.92 Å². The number of anilines is 1. The molecule has 6 heteroatoms. The predicted octanol–water partition coefficient (Wildman–Crippen LogP) is 2.55. The van der Waals surface area contributed by atoms with E-state index in [1.807, 2.05) is 37.3 Å². The summed E-state index contributed by atoms with van der Waals surface area (Å²) in [6.45, 7) is 2.50. The van der Waals surface area contributed by atoms with Crippen LogP contribution in [0.4, 0.5) is 11.5 Å². The topological polar surface area (TPSA) is 73.0 Å². The average Bonchev–Trinajstić information content (AvgIpc) is 2.77. The molecule has 6 nitrogen and oxygen atoms in total. The van der Waals surface area contributed by atoms with Crippen molar-refractivity contribution in [2.45, 2.75) is 19.8 Å². The fourth-order valence-electron chi connectivity index (χ4n) is 2.17. The molecule has 1 heterocycles. The number of aryl methyl sites for hydroxylation is 2. The van der Waals surface area contributed by atoms with Crippen LogP contribution in [0.2, 0.25) is 0 Å². The molecule has 0 aliphatic heterocycles. The predicted molar refractivity (Wildman–Crippen MR) is 77.9 cm³/mol. The van der Waals surface area contributed by atoms with E-state index >= 15 is 0 Å². The van der Waals surface area contributed by atoms with Crippen LogP contribution < -0.4 is 5.32 Å². The summed E-state index contributed by atoms with van der Waals surface area (Å²) in [5.41, 5.74) is 1.79. The maximum absolute atomic E-state index is 11.2. The lowest BCUT2D eigenvalue weighted by atomic mass is 10.1. The van der Waals surface area contributed by atoms with E-state index in [1.54, 1.807) is 11.7 Å². The summed E-state index contributed by atoms with van der Waals surface area (Å²) >= 11 is 0. The number of nitrogens with zero attached hydrogens (tertiary/aromatic N) is 3. The van der Waals surface area contributed by atoms with E-state index < -0.39 is 0 Å². The van der Waals surface area contributed by atoms with Gasteiger partial charge in [0.1, 0.15) is 5.69 Å². The van der Waals surface area contributed by atoms with Crippen LogP contribution in [0.15, 0.2) is 30.3 Å². The Labute approximate surface area is 117 Å². The number of rotatable bonds is 6. The molecule has 0 atom stereocenters. The van der Waals surface area contributed by atoms with E-state index in [0.29, 0.717) is 24.5 Å². The van der Waals surface area contributed by atoms with Gasteiger partial charge < -0.3 is 5.32 Å². The summed E-state index contributed by atoms with van der Waals surface area (Å²) in [7, 11) is 1.72. The van der Waals surface area contributed by atoms with E-state index in [2.05, 4.69) is 10.4 Å². The molecule has 20 heavy (non-hydrogen) atoms. The molecule has 1 aromatic heterocycles. The lowest BCUT2D eigenvalue weighted by Crippen LogP contribution is -2.10. The van der Waals surface area contributed by atoms with Gasteiger partial charge in [-0.1, -0.05) is 37.3 Å². The highest BCUT2D eigenvalue weighted by molar-refractivity contribution is 5.59. The Morgan fingerprint density at radius 2 is 2.05 bits per heavy atom. The van der Waals surface area contributed by atoms with Gasteiger partial charge in [0.15, 0.2) is 0 Å². The molecule has 0 aliphatic rings. The van der Waals surface area contributed by atoms with Crippen LogP contribution in [0.1, 0.15) is 18.2 Å². The molecule has 106 valence electrons. The molecule has 2 rings (SSSR count). The van der Waals surface area contributed by atoms with Crippen LogP contribution in [-0.2, 0) is 19.9 Å². The molecule has 0 unspecified atom stereocenters. The highest BCUT2D eigenvalue weighted by Crippen LogP contribution is 2.28. The highest BCUT2D eigenvalue weighted by atomic mass is 16.6. The van der Waals surface area contributed by atoms with Gasteiger partial charge in [-0.05, 0) is 18.4 Å². The van der Waals surface area contributed by atoms with Crippen molar-refractivity contribution in [3.05, 3.63) is 51.7 Å². The van der Waals surface area contributed by atoms with Crippen LogP contribution in [0.25, 0.3) is 0 Å². The summed E-state index contributed by atoms with van der Waals surface area (Å²) in [5, 5.41) is 18.5. The minimum atomic E-state index is -0.364. The Kier molecular flexibility index (Phi) is 4.34. The van der Waals surface area contributed by atoms with Gasteiger partial charge in [-0.2, -0.15) is 5.10 Å². The fourth-order valence-corrected chi connectivity index (χ4v) is 2.17. The third kappa shape index (κ3) is 2.96. The normalized spacial score (nSPS) is 10.5. The first-order valence-electron chi connectivity index (χ1n) is 6.61. The monoisotopic (exact) mass is 274 g/mol. The van der Waals surface area contributed by atoms with Gasteiger partial charge in [0.25, 0.3) is 0 Å². The number of nitro groups is 1. The van der Waals surface area contributed by atoms with Gasteiger partial charge in [0.2, 0.25) is 5.82 Å². The van der Waals surface area contributed by atoms with E-state index in [-0.39, 0.29) is 10.6 Å². The fraction of sp³-hybridized carbons (Fsp3) is 0.357. The quantitative estimate of drug-likeness (QED) is 0.649. The second kappa shape index (κ2) is 6.18. The molecule has 0 spiro atoms. The minimum absolute atomic E-state index is 0.0862. The van der Waals surface area contributed by atoms with Crippen molar-refractivity contribution >= 4 is 11.5 Å². The molecule has 0 aliphatic carbocycles. The Bertz CT molecular complexity index is 593. The zero-order chi connectivity index (χ0) is 14.5. The first-order valence-corrected chi connectivity index (χ1v) is 6.61. The van der Waals surface area contributed by atoms with Gasteiger partial charge in [-0.25, -0.2) is 4.68 Å². The second-order valence-corrected chi connectivity index (χ2v) is 4.54. The van der Waals surface area contributed by atoms with E-state index in [0.717, 1.165) is 6.42 Å². The maximum Gasteiger partial charge on any atom is 0.333 e. The van der Waals surface area contributed by atoms with Crippen molar-refractivity contribution in [1.82, 2.24) is 9.78 Å². The van der Waals surface area contributed by atoms with Gasteiger partial charge in [-0.3, -0.25) is 10.1 Å². The van der Waals surface area contributed by atoms with Crippen LogP contribution in [0, 0.1) is 10.1 Å². The van der Waals surface area contributed by atoms with Crippen molar-refractivity contribution in [2.24, 2.45) is 7.05 Å². The number of nitrogens with one attached hydrogen (secondary N) is 1. The Balaban J connectivity index is 2.09. The van der Waals surface area contributed by atoms with Gasteiger partial charge in [0, 0.05) is 13.6 Å². The average molecular weight is 274 g/mol. The first kappa shape index (κ1) is 14.0. The van der Waals surface area contributed by atoms with Crippen molar-refractivity contribution in [2.75, 3.05) is 11.9 Å². The third-order valence-corrected chi connectivity index (χ3v) is 3.16. The summed E-state index contributed by atoms with van der Waals surface area (Å²) < 4.78 is 1.54. The molecule has 2 aromatic rings. The summed E-state index contributed by atoms with van der Waals surface area (Å²) in [6, 6.07) is 10.0. The number of hydrogen-bond donors (Lipinski definition) is 1. The van der Waals surface area contributed by atoms with Gasteiger partial charge >= 0.3 is 5.69 Å². The maximum atomic E-state index is 11.2. The third-order valence-electron chi connectivity index (χ3n) is 3.16. The van der Waals surface area contributed by atoms with E-state index in [4.69, 9.17) is 0 Å². The van der Waals surface area contributed by atoms with Crippen LogP contribution in [0.5, 0.6) is 0 Å². The molecule has 0 fully saturated rings. The summed E-state index contributed by atoms with van der Waals surface area (Å²) in [6.07, 6.45) is 1.36. The lowest BCUT2D eigenvalue weighted by Gasteiger charge is -2.06. The Hall–Kier alpha value is -2.37. The standard InChI is InChI=1S/C14H18N4O2/c1-3-12-13(18(19)20)14(17(2)16-12)15-10-9-11-7-5-4-6-8-11/h4-8,15H,3,9-10H2,1-2H3. The number of aromatic nitrogens is 2. The van der Waals surface area contributed by atoms with Gasteiger partial charge in [-0.15, -0.1) is 0 Å². The molecule has 1 N–H and O–H groups in total. The Morgan fingerprint density at radius 3 is 2.65 bits per heavy atom. The summed E-state index contributed by atoms with van der Waals surface area (Å²) in [5.74, 6) is 0.475. The van der Waals surface area contributed by atoms with Crippen LogP contribution in [-0.4, -0.2) is 21.2 Å². The highest BCUT2D eigenvalue weighted by Gasteiger charge is 2.25. The molecule has 0 saturated heterocycles. The van der Waals surface area contributed by atoms with E-state index in [1.165, 1.54) is 5.56 Å². The molecular formula is C14H18N4O2. The molecule has 0 radical (unpaired) electrons. The van der Waals surface area contributed by atoms with Crippen molar-refractivity contribution in [1.29, 1.82) is 0 Å². The number of hydrogen-bond acceptors (Lipinski definition) is 4. The summed E-state index contributed by atoms with van der Waals surface area (Å²) in [4.78, 5) is 10.8. The molecule has 0 bridgehead atoms. The largest absolute Gasteiger partial charge is 0.364 e. The minimum Gasteiger partial charge on any atom is -0.364 e.